The Balaban J connectivity index is 1.18. The molecule has 2 aliphatic rings. The van der Waals surface area contributed by atoms with Gasteiger partial charge in [-0.15, -0.1) is 0 Å². The predicted molar refractivity (Wildman–Crippen MR) is 130 cm³/mol. The predicted octanol–water partition coefficient (Wildman–Crippen LogP) is 3.74. The lowest BCUT2D eigenvalue weighted by Gasteiger charge is -2.09. The first-order valence-electron chi connectivity index (χ1n) is 10.9. The van der Waals surface area contributed by atoms with Crippen LogP contribution in [-0.4, -0.2) is 49.9 Å². The minimum atomic E-state index is -0.262. The van der Waals surface area contributed by atoms with Gasteiger partial charge < -0.3 is 20.1 Å². The third-order valence-corrected chi connectivity index (χ3v) is 5.36. The van der Waals surface area contributed by atoms with Gasteiger partial charge >= 0.3 is 0 Å². The van der Waals surface area contributed by atoms with E-state index in [9.17, 15) is 9.59 Å². The van der Waals surface area contributed by atoms with E-state index < -0.39 is 0 Å². The molecule has 0 atom stereocenters. The number of benzene rings is 3. The summed E-state index contributed by atoms with van der Waals surface area (Å²) in [4.78, 5) is 33.7. The number of carbonyl (C=O) groups excluding carboxylic acids is 2. The molecule has 5 rings (SSSR count). The van der Waals surface area contributed by atoms with Crippen LogP contribution in [0.4, 0.5) is 11.4 Å². The molecule has 8 heteroatoms. The molecule has 0 aliphatic carbocycles. The van der Waals surface area contributed by atoms with Crippen LogP contribution < -0.4 is 10.6 Å². The zero-order chi connectivity index (χ0) is 23.3. The Bertz CT molecular complexity index is 1160. The second-order valence-corrected chi connectivity index (χ2v) is 7.71. The van der Waals surface area contributed by atoms with Crippen LogP contribution in [0.5, 0.6) is 0 Å². The fourth-order valence-corrected chi connectivity index (χ4v) is 3.59. The van der Waals surface area contributed by atoms with E-state index in [1.165, 1.54) is 0 Å². The van der Waals surface area contributed by atoms with Crippen LogP contribution in [-0.2, 0) is 9.47 Å². The van der Waals surface area contributed by atoms with Crippen molar-refractivity contribution in [2.75, 3.05) is 36.9 Å². The van der Waals surface area contributed by atoms with Gasteiger partial charge in [0.15, 0.2) is 0 Å². The lowest BCUT2D eigenvalue weighted by molar-refractivity contribution is 0.101. The molecule has 0 saturated heterocycles. The lowest BCUT2D eigenvalue weighted by atomic mass is 10.1. The highest BCUT2D eigenvalue weighted by Crippen LogP contribution is 2.16. The van der Waals surface area contributed by atoms with Crippen LogP contribution in [0.1, 0.15) is 31.8 Å². The topological polar surface area (TPSA) is 101 Å². The Morgan fingerprint density at radius 1 is 0.588 bits per heavy atom. The summed E-state index contributed by atoms with van der Waals surface area (Å²) in [7, 11) is 0. The standard InChI is InChI=1S/C26H22N4O4/c31-23(29-21-9-5-19(6-10-21)25-27-13-15-33-25)17-1-2-18(4-3-17)24(32)30-22-11-7-20(8-12-22)26-28-14-16-34-26/h1-12H,13-16H2,(H,29,31)(H,30,32). The lowest BCUT2D eigenvalue weighted by Crippen LogP contribution is -2.14. The van der Waals surface area contributed by atoms with Crippen molar-refractivity contribution in [1.82, 2.24) is 0 Å². The Kier molecular flexibility index (Phi) is 6.03. The first-order valence-corrected chi connectivity index (χ1v) is 10.9. The highest BCUT2D eigenvalue weighted by atomic mass is 16.5. The van der Waals surface area contributed by atoms with Crippen LogP contribution in [0.2, 0.25) is 0 Å². The molecule has 0 aromatic heterocycles. The zero-order valence-electron chi connectivity index (χ0n) is 18.3. The van der Waals surface area contributed by atoms with Gasteiger partial charge in [0.25, 0.3) is 11.8 Å². The molecule has 0 spiro atoms. The maximum absolute atomic E-state index is 12.6. The Hall–Kier alpha value is -4.46. The minimum absolute atomic E-state index is 0.262. The third-order valence-electron chi connectivity index (χ3n) is 5.36. The monoisotopic (exact) mass is 454 g/mol. The van der Waals surface area contributed by atoms with Gasteiger partial charge in [0.2, 0.25) is 11.8 Å². The van der Waals surface area contributed by atoms with E-state index >= 15 is 0 Å². The number of amides is 2. The second-order valence-electron chi connectivity index (χ2n) is 7.71. The normalized spacial score (nSPS) is 14.5. The van der Waals surface area contributed by atoms with Crippen molar-refractivity contribution >= 4 is 35.0 Å². The molecule has 0 radical (unpaired) electrons. The maximum atomic E-state index is 12.6. The van der Waals surface area contributed by atoms with Crippen LogP contribution >= 0.6 is 0 Å². The molecule has 170 valence electrons. The quantitative estimate of drug-likeness (QED) is 0.592. The van der Waals surface area contributed by atoms with Crippen LogP contribution in [0, 0.1) is 0 Å². The molecule has 2 aliphatic heterocycles. The Labute approximate surface area is 196 Å². The van der Waals surface area contributed by atoms with Crippen molar-refractivity contribution in [3.63, 3.8) is 0 Å². The molecular formula is C26H22N4O4. The Morgan fingerprint density at radius 2 is 0.971 bits per heavy atom. The summed E-state index contributed by atoms with van der Waals surface area (Å²) >= 11 is 0. The number of hydrogen-bond acceptors (Lipinski definition) is 6. The van der Waals surface area contributed by atoms with Gasteiger partial charge in [0.1, 0.15) is 13.2 Å². The van der Waals surface area contributed by atoms with Gasteiger partial charge in [-0.2, -0.15) is 0 Å². The third kappa shape index (κ3) is 4.80. The van der Waals surface area contributed by atoms with Crippen molar-refractivity contribution in [3.8, 4) is 0 Å². The van der Waals surface area contributed by atoms with Gasteiger partial charge in [0.05, 0.1) is 13.1 Å². The molecule has 0 fully saturated rings. The Morgan fingerprint density at radius 3 is 1.29 bits per heavy atom. The van der Waals surface area contributed by atoms with E-state index in [2.05, 4.69) is 20.6 Å². The van der Waals surface area contributed by atoms with Crippen molar-refractivity contribution in [1.29, 1.82) is 0 Å². The fourth-order valence-electron chi connectivity index (χ4n) is 3.59. The van der Waals surface area contributed by atoms with Crippen LogP contribution in [0.3, 0.4) is 0 Å². The number of rotatable bonds is 6. The summed E-state index contributed by atoms with van der Waals surface area (Å²) in [5.41, 5.74) is 3.97. The van der Waals surface area contributed by atoms with Gasteiger partial charge in [-0.25, -0.2) is 9.98 Å². The van der Waals surface area contributed by atoms with E-state index in [1.54, 1.807) is 48.5 Å². The van der Waals surface area contributed by atoms with E-state index in [4.69, 9.17) is 9.47 Å². The molecule has 2 N–H and O–H groups in total. The summed E-state index contributed by atoms with van der Waals surface area (Å²) in [6.45, 7) is 2.53. The summed E-state index contributed by atoms with van der Waals surface area (Å²) in [6, 6.07) is 21.1. The summed E-state index contributed by atoms with van der Waals surface area (Å²) < 4.78 is 10.9. The molecule has 34 heavy (non-hydrogen) atoms. The maximum Gasteiger partial charge on any atom is 0.255 e. The number of nitrogens with zero attached hydrogens (tertiary/aromatic N) is 2. The zero-order valence-corrected chi connectivity index (χ0v) is 18.3. The molecule has 3 aromatic carbocycles. The first kappa shape index (κ1) is 21.4. The van der Waals surface area contributed by atoms with Gasteiger partial charge in [0, 0.05) is 33.6 Å². The largest absolute Gasteiger partial charge is 0.476 e. The van der Waals surface area contributed by atoms with Crippen molar-refractivity contribution < 1.29 is 19.1 Å². The van der Waals surface area contributed by atoms with Crippen molar-refractivity contribution in [3.05, 3.63) is 95.1 Å². The van der Waals surface area contributed by atoms with Crippen molar-refractivity contribution in [2.24, 2.45) is 9.98 Å². The molecule has 0 saturated carbocycles. The number of aliphatic imine (C=N–C) groups is 2. The summed E-state index contributed by atoms with van der Waals surface area (Å²) in [5.74, 6) is 0.725. The van der Waals surface area contributed by atoms with E-state index in [0.717, 1.165) is 11.1 Å². The number of nitrogens with one attached hydrogen (secondary N) is 2. The minimum Gasteiger partial charge on any atom is -0.476 e. The molecule has 2 heterocycles. The number of carbonyl (C=O) groups is 2. The molecule has 2 amide bonds. The molecular weight excluding hydrogens is 432 g/mol. The summed E-state index contributed by atoms with van der Waals surface area (Å²) in [6.07, 6.45) is 0. The number of ether oxygens (including phenoxy) is 2. The van der Waals surface area contributed by atoms with Gasteiger partial charge in [-0.05, 0) is 72.8 Å². The number of hydrogen-bond donors (Lipinski definition) is 2. The van der Waals surface area contributed by atoms with E-state index in [-0.39, 0.29) is 11.8 Å². The average molecular weight is 454 g/mol. The van der Waals surface area contributed by atoms with E-state index in [0.29, 0.717) is 60.6 Å². The fraction of sp³-hybridized carbons (Fsp3) is 0.154. The molecule has 0 bridgehead atoms. The second kappa shape index (κ2) is 9.58. The molecule has 0 unspecified atom stereocenters. The highest BCUT2D eigenvalue weighted by molar-refractivity contribution is 6.07. The van der Waals surface area contributed by atoms with Crippen LogP contribution in [0.25, 0.3) is 0 Å². The van der Waals surface area contributed by atoms with Gasteiger partial charge in [-0.3, -0.25) is 9.59 Å². The van der Waals surface area contributed by atoms with Crippen LogP contribution in [0.15, 0.2) is 82.8 Å². The first-order chi connectivity index (χ1) is 16.7. The average Bonchev–Trinajstić information content (AvgIpc) is 3.60. The van der Waals surface area contributed by atoms with Crippen molar-refractivity contribution in [2.45, 2.75) is 0 Å². The molecule has 8 nitrogen and oxygen atoms in total. The summed E-state index contributed by atoms with van der Waals surface area (Å²) in [5, 5.41) is 5.71. The van der Waals surface area contributed by atoms with E-state index in [1.807, 2.05) is 24.3 Å². The van der Waals surface area contributed by atoms with Gasteiger partial charge in [-0.1, -0.05) is 0 Å². The highest BCUT2D eigenvalue weighted by Gasteiger charge is 2.13. The molecule has 3 aromatic rings. The SMILES string of the molecule is O=C(Nc1ccc(C2=NCCO2)cc1)c1ccc(C(=O)Nc2ccc(C3=NCCO3)cc2)cc1. The number of anilines is 2. The smallest absolute Gasteiger partial charge is 0.255 e.